The second kappa shape index (κ2) is 7.48. The first-order chi connectivity index (χ1) is 12.1. The predicted molar refractivity (Wildman–Crippen MR) is 91.6 cm³/mol. The third-order valence-electron chi connectivity index (χ3n) is 3.43. The van der Waals surface area contributed by atoms with Gasteiger partial charge in [0.1, 0.15) is 0 Å². The number of rotatable bonds is 6. The maximum Gasteiger partial charge on any atom is 0.442 e. The van der Waals surface area contributed by atoms with Crippen molar-refractivity contribution >= 4 is 38.6 Å². The smallest absolute Gasteiger partial charge is 0.442 e. The number of anilines is 1. The van der Waals surface area contributed by atoms with Crippen LogP contribution in [-0.2, 0) is 14.3 Å². The van der Waals surface area contributed by atoms with Crippen LogP contribution in [-0.4, -0.2) is 35.8 Å². The van der Waals surface area contributed by atoms with E-state index in [1.54, 1.807) is 43.4 Å². The zero-order valence-electron chi connectivity index (χ0n) is 14.3. The molecule has 0 radical (unpaired) electrons. The number of methoxy groups -OCH3 is 1. The van der Waals surface area contributed by atoms with E-state index in [0.717, 1.165) is 18.4 Å². The van der Waals surface area contributed by atoms with Crippen LogP contribution in [0.5, 0.6) is 0 Å². The quantitative estimate of drug-likeness (QED) is 0.585. The van der Waals surface area contributed by atoms with Crippen LogP contribution >= 0.6 is 11.3 Å². The number of fused-ring (bicyclic) bond motifs is 1. The number of hydrogen-bond donors (Lipinski definition) is 2. The molecule has 0 aliphatic carbocycles. The second-order valence-corrected chi connectivity index (χ2v) is 7.03. The number of esters is 1. The summed E-state index contributed by atoms with van der Waals surface area (Å²) < 4.78 is 46.5. The van der Waals surface area contributed by atoms with E-state index in [-0.39, 0.29) is 17.5 Å². The number of alkyl halides is 3. The molecule has 1 heterocycles. The lowest BCUT2D eigenvalue weighted by molar-refractivity contribution is -0.206. The molecule has 1 aromatic heterocycles. The zero-order chi connectivity index (χ0) is 19.5. The molecular formula is C16H18F3N3O3S. The maximum atomic E-state index is 13.9. The predicted octanol–water partition coefficient (Wildman–Crippen LogP) is 3.30. The van der Waals surface area contributed by atoms with E-state index in [0.29, 0.717) is 10.2 Å². The van der Waals surface area contributed by atoms with Crippen molar-refractivity contribution in [1.82, 2.24) is 10.3 Å². The summed E-state index contributed by atoms with van der Waals surface area (Å²) in [5.41, 5.74) is -2.96. The van der Waals surface area contributed by atoms with Gasteiger partial charge in [-0.05, 0) is 18.1 Å². The third kappa shape index (κ3) is 4.06. The van der Waals surface area contributed by atoms with Gasteiger partial charge >= 0.3 is 17.8 Å². The van der Waals surface area contributed by atoms with E-state index in [2.05, 4.69) is 15.0 Å². The average molecular weight is 389 g/mol. The molecule has 0 bridgehead atoms. The summed E-state index contributed by atoms with van der Waals surface area (Å²) >= 11 is 0.928. The van der Waals surface area contributed by atoms with Crippen LogP contribution in [0.1, 0.15) is 20.3 Å². The lowest BCUT2D eigenvalue weighted by Crippen LogP contribution is -2.69. The molecule has 0 aliphatic heterocycles. The van der Waals surface area contributed by atoms with E-state index in [1.165, 1.54) is 0 Å². The number of carbonyl (C=O) groups is 2. The summed E-state index contributed by atoms with van der Waals surface area (Å²) in [7, 11) is 0.817. The fourth-order valence-corrected chi connectivity index (χ4v) is 3.18. The number of halogens is 3. The van der Waals surface area contributed by atoms with Crippen molar-refractivity contribution in [3.8, 4) is 0 Å². The molecule has 142 valence electrons. The van der Waals surface area contributed by atoms with Crippen LogP contribution in [0, 0.1) is 5.92 Å². The van der Waals surface area contributed by atoms with E-state index < -0.39 is 23.7 Å². The molecule has 26 heavy (non-hydrogen) atoms. The molecule has 0 aliphatic rings. The van der Waals surface area contributed by atoms with Gasteiger partial charge in [0.05, 0.1) is 17.3 Å². The number of ether oxygens (including phenoxy) is 1. The summed E-state index contributed by atoms with van der Waals surface area (Å²) in [6.45, 7) is 3.35. The maximum absolute atomic E-state index is 13.9. The summed E-state index contributed by atoms with van der Waals surface area (Å²) in [6.07, 6.45) is -5.35. The molecule has 1 atom stereocenters. The van der Waals surface area contributed by atoms with Crippen molar-refractivity contribution in [3.63, 3.8) is 0 Å². The van der Waals surface area contributed by atoms with Crippen molar-refractivity contribution in [2.24, 2.45) is 5.92 Å². The van der Waals surface area contributed by atoms with Gasteiger partial charge in [-0.3, -0.25) is 4.79 Å². The first-order valence-electron chi connectivity index (χ1n) is 7.69. The molecule has 0 spiro atoms. The highest BCUT2D eigenvalue weighted by Crippen LogP contribution is 2.35. The van der Waals surface area contributed by atoms with E-state index >= 15 is 0 Å². The number of nitrogens with zero attached hydrogens (tertiary/aromatic N) is 1. The summed E-state index contributed by atoms with van der Waals surface area (Å²) in [5, 5.41) is 3.65. The minimum Gasteiger partial charge on any atom is -0.466 e. The molecule has 1 amide bonds. The van der Waals surface area contributed by atoms with Crippen molar-refractivity contribution in [1.29, 1.82) is 0 Å². The molecule has 1 unspecified atom stereocenters. The van der Waals surface area contributed by atoms with E-state index in [1.807, 2.05) is 0 Å². The number of amides is 1. The summed E-state index contributed by atoms with van der Waals surface area (Å²) in [4.78, 5) is 28.1. The molecule has 6 nitrogen and oxygen atoms in total. The molecule has 2 rings (SSSR count). The Hall–Kier alpha value is -2.36. The standard InChI is InChI=1S/C16H18F3N3O3S/c1-9(2)8-12(23)21-15(13(24)25-3,16(17,18)19)22-14-20-10-6-4-5-7-11(10)26-14/h4-7,9H,8H2,1-3H3,(H,20,22)(H,21,23). The number of thiazole rings is 1. The largest absolute Gasteiger partial charge is 0.466 e. The van der Waals surface area contributed by atoms with Crippen molar-refractivity contribution in [3.05, 3.63) is 24.3 Å². The first-order valence-corrected chi connectivity index (χ1v) is 8.50. The van der Waals surface area contributed by atoms with Gasteiger partial charge in [0, 0.05) is 6.42 Å². The average Bonchev–Trinajstić information content (AvgIpc) is 2.93. The van der Waals surface area contributed by atoms with Gasteiger partial charge in [0.25, 0.3) is 0 Å². The van der Waals surface area contributed by atoms with Gasteiger partial charge < -0.3 is 15.4 Å². The van der Waals surface area contributed by atoms with Gasteiger partial charge in [-0.1, -0.05) is 37.3 Å². The van der Waals surface area contributed by atoms with E-state index in [9.17, 15) is 22.8 Å². The minimum atomic E-state index is -5.16. The fourth-order valence-electron chi connectivity index (χ4n) is 2.26. The molecule has 1 aromatic carbocycles. The van der Waals surface area contributed by atoms with Crippen LogP contribution < -0.4 is 10.6 Å². The van der Waals surface area contributed by atoms with Gasteiger partial charge in [-0.2, -0.15) is 13.2 Å². The third-order valence-corrected chi connectivity index (χ3v) is 4.38. The topological polar surface area (TPSA) is 80.3 Å². The molecule has 0 fully saturated rings. The number of nitrogens with one attached hydrogen (secondary N) is 2. The Kier molecular flexibility index (Phi) is 5.74. The van der Waals surface area contributed by atoms with Gasteiger partial charge in [-0.15, -0.1) is 0 Å². The molecular weight excluding hydrogens is 371 g/mol. The van der Waals surface area contributed by atoms with Gasteiger partial charge in [0.15, 0.2) is 5.13 Å². The molecule has 2 aromatic rings. The Labute approximate surface area is 151 Å². The van der Waals surface area contributed by atoms with Crippen LogP contribution in [0.4, 0.5) is 18.3 Å². The molecule has 10 heteroatoms. The van der Waals surface area contributed by atoms with Crippen molar-refractivity contribution in [2.45, 2.75) is 32.1 Å². The Morgan fingerprint density at radius 2 is 1.92 bits per heavy atom. The Balaban J connectivity index is 2.46. The Bertz CT molecular complexity index is 774. The normalized spacial score (nSPS) is 14.1. The highest BCUT2D eigenvalue weighted by molar-refractivity contribution is 7.22. The van der Waals surface area contributed by atoms with Crippen LogP contribution in [0.25, 0.3) is 10.2 Å². The molecule has 0 saturated heterocycles. The Morgan fingerprint density at radius 1 is 1.27 bits per heavy atom. The molecule has 0 saturated carbocycles. The van der Waals surface area contributed by atoms with Gasteiger partial charge in [-0.25, -0.2) is 9.78 Å². The SMILES string of the molecule is COC(=O)C(NC(=O)CC(C)C)(Nc1nc2ccccc2s1)C(F)(F)F. The van der Waals surface area contributed by atoms with Crippen LogP contribution in [0.15, 0.2) is 24.3 Å². The number of para-hydroxylation sites is 1. The lowest BCUT2D eigenvalue weighted by Gasteiger charge is -2.34. The van der Waals surface area contributed by atoms with Crippen molar-refractivity contribution < 1.29 is 27.5 Å². The highest BCUT2D eigenvalue weighted by atomic mass is 32.1. The van der Waals surface area contributed by atoms with Crippen LogP contribution in [0.2, 0.25) is 0 Å². The van der Waals surface area contributed by atoms with Crippen molar-refractivity contribution in [2.75, 3.05) is 12.4 Å². The highest BCUT2D eigenvalue weighted by Gasteiger charge is 2.63. The lowest BCUT2D eigenvalue weighted by atomic mass is 10.1. The number of hydrogen-bond acceptors (Lipinski definition) is 6. The summed E-state index contributed by atoms with van der Waals surface area (Å²) in [6, 6.07) is 6.71. The number of carbonyl (C=O) groups excluding carboxylic acids is 2. The van der Waals surface area contributed by atoms with E-state index in [4.69, 9.17) is 0 Å². The zero-order valence-corrected chi connectivity index (χ0v) is 15.1. The first kappa shape index (κ1) is 20.0. The minimum absolute atomic E-state index is 0.168. The fraction of sp³-hybridized carbons (Fsp3) is 0.438. The Morgan fingerprint density at radius 3 is 2.46 bits per heavy atom. The number of aromatic nitrogens is 1. The second-order valence-electron chi connectivity index (χ2n) is 6.00. The summed E-state index contributed by atoms with van der Waals surface area (Å²) in [5.74, 6) is -2.81. The molecule has 2 N–H and O–H groups in total. The monoisotopic (exact) mass is 389 g/mol. The van der Waals surface area contributed by atoms with Crippen LogP contribution in [0.3, 0.4) is 0 Å². The van der Waals surface area contributed by atoms with Gasteiger partial charge in [0.2, 0.25) is 5.91 Å². The number of benzene rings is 1.